The largest absolute Gasteiger partial charge is 0.396 e. The van der Waals surface area contributed by atoms with Gasteiger partial charge in [-0.25, -0.2) is 0 Å². The Morgan fingerprint density at radius 2 is 1.84 bits per heavy atom. The summed E-state index contributed by atoms with van der Waals surface area (Å²) in [6.07, 6.45) is -1.45. The molecule has 0 aliphatic carbocycles. The molecule has 0 saturated heterocycles. The van der Waals surface area contributed by atoms with Gasteiger partial charge in [0.15, 0.2) is 0 Å². The van der Waals surface area contributed by atoms with Crippen LogP contribution in [0.5, 0.6) is 0 Å². The maximum Gasteiger partial charge on any atom is 0.219 e. The van der Waals surface area contributed by atoms with Crippen LogP contribution >= 0.6 is 0 Å². The zero-order chi connectivity index (χ0) is 14.7. The summed E-state index contributed by atoms with van der Waals surface area (Å²) in [7, 11) is 1.59. The van der Waals surface area contributed by atoms with Crippen LogP contribution in [0.1, 0.15) is 25.7 Å². The normalized spacial score (nSPS) is 15.8. The molecule has 0 aromatic heterocycles. The van der Waals surface area contributed by atoms with E-state index in [0.717, 1.165) is 12.8 Å². The molecule has 0 aliphatic heterocycles. The van der Waals surface area contributed by atoms with Gasteiger partial charge in [0.2, 0.25) is 5.91 Å². The van der Waals surface area contributed by atoms with Crippen molar-refractivity contribution in [3.05, 3.63) is 0 Å². The number of aliphatic hydroxyl groups excluding tert-OH is 4. The lowest BCUT2D eigenvalue weighted by Gasteiger charge is -2.22. The standard InChI is InChI=1S/C12H26N2O5/c1-13-11(18)4-2-3-6-14-8-10(17)12(19)9(16)5-7-15/h9-10,12,14-17,19H,2-8H2,1H3,(H,13,18). The number of hydrogen-bond donors (Lipinski definition) is 6. The van der Waals surface area contributed by atoms with Gasteiger partial charge < -0.3 is 31.1 Å². The second kappa shape index (κ2) is 11.1. The highest BCUT2D eigenvalue weighted by molar-refractivity contribution is 5.75. The highest BCUT2D eigenvalue weighted by Crippen LogP contribution is 2.03. The Morgan fingerprint density at radius 1 is 1.16 bits per heavy atom. The molecule has 6 N–H and O–H groups in total. The first-order valence-electron chi connectivity index (χ1n) is 6.59. The smallest absolute Gasteiger partial charge is 0.219 e. The van der Waals surface area contributed by atoms with Crippen molar-refractivity contribution in [2.75, 3.05) is 26.7 Å². The third-order valence-electron chi connectivity index (χ3n) is 2.85. The van der Waals surface area contributed by atoms with Crippen molar-refractivity contribution >= 4 is 5.91 Å². The zero-order valence-electron chi connectivity index (χ0n) is 11.4. The highest BCUT2D eigenvalue weighted by atomic mass is 16.4. The molecule has 0 rings (SSSR count). The molecule has 0 aliphatic rings. The van der Waals surface area contributed by atoms with E-state index in [1.54, 1.807) is 7.05 Å². The molecule has 3 unspecified atom stereocenters. The van der Waals surface area contributed by atoms with Crippen molar-refractivity contribution in [1.29, 1.82) is 0 Å². The van der Waals surface area contributed by atoms with Crippen LogP contribution < -0.4 is 10.6 Å². The first-order chi connectivity index (χ1) is 9.02. The van der Waals surface area contributed by atoms with Crippen molar-refractivity contribution in [3.8, 4) is 0 Å². The van der Waals surface area contributed by atoms with Gasteiger partial charge in [0.1, 0.15) is 6.10 Å². The lowest BCUT2D eigenvalue weighted by atomic mass is 10.1. The monoisotopic (exact) mass is 278 g/mol. The van der Waals surface area contributed by atoms with Gasteiger partial charge in [0.25, 0.3) is 0 Å². The first kappa shape index (κ1) is 18.3. The van der Waals surface area contributed by atoms with Crippen molar-refractivity contribution in [1.82, 2.24) is 10.6 Å². The van der Waals surface area contributed by atoms with E-state index in [2.05, 4.69) is 10.6 Å². The number of aliphatic hydroxyl groups is 4. The van der Waals surface area contributed by atoms with Gasteiger partial charge in [-0.2, -0.15) is 0 Å². The number of hydrogen-bond acceptors (Lipinski definition) is 6. The van der Waals surface area contributed by atoms with E-state index < -0.39 is 18.3 Å². The number of unbranched alkanes of at least 4 members (excludes halogenated alkanes) is 1. The molecule has 1 amide bonds. The topological polar surface area (TPSA) is 122 Å². The van der Waals surface area contributed by atoms with Crippen molar-refractivity contribution in [2.45, 2.75) is 44.0 Å². The van der Waals surface area contributed by atoms with E-state index in [1.165, 1.54) is 0 Å². The number of amides is 1. The molecule has 0 heterocycles. The fourth-order valence-corrected chi connectivity index (χ4v) is 1.59. The van der Waals surface area contributed by atoms with Crippen molar-refractivity contribution in [3.63, 3.8) is 0 Å². The van der Waals surface area contributed by atoms with Gasteiger partial charge in [-0.1, -0.05) is 0 Å². The molecule has 0 aromatic rings. The predicted octanol–water partition coefficient (Wildman–Crippen LogP) is -2.04. The summed E-state index contributed by atoms with van der Waals surface area (Å²) in [6.45, 7) is 0.540. The average Bonchev–Trinajstić information content (AvgIpc) is 2.41. The van der Waals surface area contributed by atoms with Gasteiger partial charge in [0, 0.05) is 26.6 Å². The van der Waals surface area contributed by atoms with Gasteiger partial charge in [-0.15, -0.1) is 0 Å². The van der Waals surface area contributed by atoms with Crippen LogP contribution in [0.15, 0.2) is 0 Å². The molecular weight excluding hydrogens is 252 g/mol. The first-order valence-corrected chi connectivity index (χ1v) is 6.59. The zero-order valence-corrected chi connectivity index (χ0v) is 11.4. The highest BCUT2D eigenvalue weighted by Gasteiger charge is 2.23. The number of carbonyl (C=O) groups is 1. The maximum atomic E-state index is 10.9. The van der Waals surface area contributed by atoms with Crippen molar-refractivity contribution < 1.29 is 25.2 Å². The number of nitrogens with one attached hydrogen (secondary N) is 2. The molecule has 0 aromatic carbocycles. The summed E-state index contributed by atoms with van der Waals surface area (Å²) in [6, 6.07) is 0. The van der Waals surface area contributed by atoms with E-state index >= 15 is 0 Å². The van der Waals surface area contributed by atoms with Crippen LogP contribution in [0.4, 0.5) is 0 Å². The molecule has 0 fully saturated rings. The summed E-state index contributed by atoms with van der Waals surface area (Å²) in [5, 5.41) is 42.6. The lowest BCUT2D eigenvalue weighted by molar-refractivity contribution is -0.120. The van der Waals surface area contributed by atoms with Crippen LogP contribution in [-0.4, -0.2) is 71.4 Å². The van der Waals surface area contributed by atoms with E-state index in [0.29, 0.717) is 13.0 Å². The summed E-state index contributed by atoms with van der Waals surface area (Å²) in [4.78, 5) is 10.9. The molecular formula is C12H26N2O5. The second-order valence-corrected chi connectivity index (χ2v) is 4.47. The third kappa shape index (κ3) is 8.90. The molecule has 0 bridgehead atoms. The van der Waals surface area contributed by atoms with E-state index in [1.807, 2.05) is 0 Å². The minimum Gasteiger partial charge on any atom is -0.396 e. The minimum atomic E-state index is -1.27. The van der Waals surface area contributed by atoms with Gasteiger partial charge in [0.05, 0.1) is 12.2 Å². The van der Waals surface area contributed by atoms with Gasteiger partial charge >= 0.3 is 0 Å². The Morgan fingerprint density at radius 3 is 2.42 bits per heavy atom. The third-order valence-corrected chi connectivity index (χ3v) is 2.85. The summed E-state index contributed by atoms with van der Waals surface area (Å²) < 4.78 is 0. The van der Waals surface area contributed by atoms with Gasteiger partial charge in [-0.05, 0) is 25.8 Å². The fourth-order valence-electron chi connectivity index (χ4n) is 1.59. The van der Waals surface area contributed by atoms with Crippen LogP contribution in [-0.2, 0) is 4.79 Å². The predicted molar refractivity (Wildman–Crippen MR) is 70.5 cm³/mol. The quantitative estimate of drug-likeness (QED) is 0.242. The minimum absolute atomic E-state index is 0.00239. The van der Waals surface area contributed by atoms with Gasteiger partial charge in [-0.3, -0.25) is 4.79 Å². The van der Waals surface area contributed by atoms with Crippen LogP contribution in [0.2, 0.25) is 0 Å². The Hall–Kier alpha value is -0.730. The van der Waals surface area contributed by atoms with Crippen LogP contribution in [0, 0.1) is 0 Å². The molecule has 0 radical (unpaired) electrons. The Labute approximate surface area is 113 Å². The summed E-state index contributed by atoms with van der Waals surface area (Å²) >= 11 is 0. The van der Waals surface area contributed by atoms with Crippen LogP contribution in [0.3, 0.4) is 0 Å². The molecule has 0 spiro atoms. The molecule has 7 heteroatoms. The molecule has 19 heavy (non-hydrogen) atoms. The Bertz CT molecular complexity index is 240. The molecule has 114 valence electrons. The molecule has 0 saturated carbocycles. The fraction of sp³-hybridized carbons (Fsp3) is 0.917. The van der Waals surface area contributed by atoms with Crippen molar-refractivity contribution in [2.24, 2.45) is 0 Å². The lowest BCUT2D eigenvalue weighted by Crippen LogP contribution is -2.43. The van der Waals surface area contributed by atoms with E-state index in [-0.39, 0.29) is 25.5 Å². The maximum absolute atomic E-state index is 10.9. The second-order valence-electron chi connectivity index (χ2n) is 4.47. The Kier molecular flexibility index (Phi) is 10.7. The SMILES string of the molecule is CNC(=O)CCCCNCC(O)C(O)C(O)CCO. The molecule has 3 atom stereocenters. The van der Waals surface area contributed by atoms with Crippen LogP contribution in [0.25, 0.3) is 0 Å². The van der Waals surface area contributed by atoms with E-state index in [4.69, 9.17) is 5.11 Å². The van der Waals surface area contributed by atoms with E-state index in [9.17, 15) is 20.1 Å². The molecule has 7 nitrogen and oxygen atoms in total. The average molecular weight is 278 g/mol. The summed E-state index contributed by atoms with van der Waals surface area (Å²) in [5.74, 6) is 0.00239. The number of rotatable bonds is 11. The Balaban J connectivity index is 3.57. The number of carbonyl (C=O) groups excluding carboxylic acids is 1. The summed E-state index contributed by atoms with van der Waals surface area (Å²) in [5.41, 5.74) is 0.